The first-order chi connectivity index (χ1) is 7.94. The van der Waals surface area contributed by atoms with Gasteiger partial charge in [0.25, 0.3) is 0 Å². The fourth-order valence-electron chi connectivity index (χ4n) is 1.95. The summed E-state index contributed by atoms with van der Waals surface area (Å²) in [5.41, 5.74) is 1.42. The van der Waals surface area contributed by atoms with Crippen molar-refractivity contribution in [1.82, 2.24) is 0 Å². The first-order valence-corrected chi connectivity index (χ1v) is 4.80. The van der Waals surface area contributed by atoms with E-state index in [1.165, 1.54) is 0 Å². The predicted octanol–water partition coefficient (Wildman–Crippen LogP) is 2.23. The Labute approximate surface area is 97.3 Å². The lowest BCUT2D eigenvalue weighted by atomic mass is 10.0. The molecule has 1 rings (SSSR count). The number of rotatable bonds is 1. The summed E-state index contributed by atoms with van der Waals surface area (Å²) in [5, 5.41) is 8.60. The highest BCUT2D eigenvalue weighted by Gasteiger charge is 2.54. The van der Waals surface area contributed by atoms with E-state index in [1.807, 2.05) is 0 Å². The van der Waals surface area contributed by atoms with E-state index in [0.29, 0.717) is 0 Å². The van der Waals surface area contributed by atoms with Gasteiger partial charge in [-0.3, -0.25) is 4.79 Å². The van der Waals surface area contributed by atoms with E-state index >= 15 is 0 Å². The van der Waals surface area contributed by atoms with Gasteiger partial charge in [-0.2, -0.15) is 26.3 Å². The second-order valence-electron chi connectivity index (χ2n) is 3.98. The van der Waals surface area contributed by atoms with Crippen molar-refractivity contribution in [3.63, 3.8) is 0 Å². The Hall–Kier alpha value is -1.25. The molecule has 1 saturated carbocycles. The maximum absolute atomic E-state index is 12.4. The van der Waals surface area contributed by atoms with Crippen LogP contribution in [-0.2, 0) is 4.79 Å². The van der Waals surface area contributed by atoms with Gasteiger partial charge in [-0.1, -0.05) is 0 Å². The van der Waals surface area contributed by atoms with Crippen LogP contribution in [0.5, 0.6) is 0 Å². The Morgan fingerprint density at radius 1 is 1.17 bits per heavy atom. The maximum Gasteiger partial charge on any atom is 0.421 e. The molecular formula is C9H9F6NO2. The Balaban J connectivity index is 3.26. The van der Waals surface area contributed by atoms with Crippen LogP contribution in [0.1, 0.15) is 12.8 Å². The number of allylic oxidation sites excluding steroid dienone is 1. The molecule has 1 fully saturated rings. The average molecular weight is 277 g/mol. The predicted molar refractivity (Wildman–Crippen MR) is 47.5 cm³/mol. The van der Waals surface area contributed by atoms with Gasteiger partial charge in [0.05, 0.1) is 5.92 Å². The topological polar surface area (TPSA) is 63.3 Å². The van der Waals surface area contributed by atoms with E-state index < -0.39 is 54.3 Å². The van der Waals surface area contributed by atoms with E-state index in [-0.39, 0.29) is 0 Å². The molecule has 0 radical (unpaired) electrons. The number of carbonyl (C=O) groups is 1. The number of halogens is 6. The molecular weight excluding hydrogens is 268 g/mol. The first-order valence-electron chi connectivity index (χ1n) is 4.80. The highest BCUT2D eigenvalue weighted by molar-refractivity contribution is 5.71. The average Bonchev–Trinajstić information content (AvgIpc) is 2.43. The summed E-state index contributed by atoms with van der Waals surface area (Å²) < 4.78 is 74.3. The molecule has 104 valence electrons. The normalized spacial score (nSPS) is 25.4. The number of nitrogens with two attached hydrogens (primary N) is 1. The van der Waals surface area contributed by atoms with Gasteiger partial charge in [-0.15, -0.1) is 0 Å². The van der Waals surface area contributed by atoms with Crippen LogP contribution in [0.15, 0.2) is 11.1 Å². The van der Waals surface area contributed by atoms with E-state index in [9.17, 15) is 31.1 Å². The molecule has 2 atom stereocenters. The molecule has 0 aromatic carbocycles. The molecule has 2 unspecified atom stereocenters. The quantitative estimate of drug-likeness (QED) is 0.570. The molecule has 0 bridgehead atoms. The monoisotopic (exact) mass is 277 g/mol. The highest BCUT2D eigenvalue weighted by Crippen LogP contribution is 2.45. The van der Waals surface area contributed by atoms with Crippen molar-refractivity contribution >= 4 is 5.97 Å². The van der Waals surface area contributed by atoms with Gasteiger partial charge < -0.3 is 10.8 Å². The molecule has 3 N–H and O–H groups in total. The lowest BCUT2D eigenvalue weighted by Crippen LogP contribution is -2.32. The number of hydrogen-bond donors (Lipinski definition) is 2. The summed E-state index contributed by atoms with van der Waals surface area (Å²) >= 11 is 0. The zero-order valence-electron chi connectivity index (χ0n) is 8.77. The van der Waals surface area contributed by atoms with Crippen molar-refractivity contribution < 1.29 is 36.2 Å². The third-order valence-corrected chi connectivity index (χ3v) is 2.69. The number of alkyl halides is 6. The fourth-order valence-corrected chi connectivity index (χ4v) is 1.95. The summed E-state index contributed by atoms with van der Waals surface area (Å²) in [6, 6.07) is -1.54. The van der Waals surface area contributed by atoms with Crippen LogP contribution in [0, 0.1) is 5.92 Å². The second kappa shape index (κ2) is 4.45. The van der Waals surface area contributed by atoms with E-state index in [4.69, 9.17) is 10.8 Å². The van der Waals surface area contributed by atoms with Crippen LogP contribution in [0.25, 0.3) is 0 Å². The van der Waals surface area contributed by atoms with Crippen molar-refractivity contribution in [3.8, 4) is 0 Å². The number of carboxylic acid groups (broad SMARTS) is 1. The molecule has 3 nitrogen and oxygen atoms in total. The van der Waals surface area contributed by atoms with Gasteiger partial charge >= 0.3 is 18.3 Å². The van der Waals surface area contributed by atoms with Gasteiger partial charge in [-0.05, 0) is 18.4 Å². The largest absolute Gasteiger partial charge is 0.481 e. The van der Waals surface area contributed by atoms with Crippen LogP contribution in [0.4, 0.5) is 26.3 Å². The second-order valence-corrected chi connectivity index (χ2v) is 3.98. The third-order valence-electron chi connectivity index (χ3n) is 2.69. The summed E-state index contributed by atoms with van der Waals surface area (Å²) in [5.74, 6) is -2.76. The van der Waals surface area contributed by atoms with Crippen molar-refractivity contribution in [2.45, 2.75) is 31.2 Å². The van der Waals surface area contributed by atoms with Gasteiger partial charge in [0, 0.05) is 6.04 Å². The molecule has 1 aliphatic rings. The maximum atomic E-state index is 12.4. The van der Waals surface area contributed by atoms with Crippen molar-refractivity contribution in [2.24, 2.45) is 11.7 Å². The summed E-state index contributed by atoms with van der Waals surface area (Å²) in [7, 11) is 0. The number of aliphatic carboxylic acids is 1. The molecule has 0 aliphatic heterocycles. The Morgan fingerprint density at radius 3 is 1.89 bits per heavy atom. The Morgan fingerprint density at radius 2 is 1.61 bits per heavy atom. The first kappa shape index (κ1) is 14.8. The molecule has 0 aromatic rings. The minimum Gasteiger partial charge on any atom is -0.481 e. The van der Waals surface area contributed by atoms with E-state index in [2.05, 4.69) is 0 Å². The molecule has 0 heterocycles. The van der Waals surface area contributed by atoms with Crippen molar-refractivity contribution in [2.75, 3.05) is 0 Å². The zero-order valence-corrected chi connectivity index (χ0v) is 8.77. The van der Waals surface area contributed by atoms with Crippen LogP contribution < -0.4 is 5.73 Å². The zero-order chi connectivity index (χ0) is 14.3. The van der Waals surface area contributed by atoms with E-state index in [0.717, 1.165) is 0 Å². The number of hydrogen-bond acceptors (Lipinski definition) is 2. The van der Waals surface area contributed by atoms with Crippen molar-refractivity contribution in [1.29, 1.82) is 0 Å². The van der Waals surface area contributed by atoms with Crippen molar-refractivity contribution in [3.05, 3.63) is 11.1 Å². The molecule has 9 heteroatoms. The molecule has 0 amide bonds. The lowest BCUT2D eigenvalue weighted by Gasteiger charge is -2.19. The van der Waals surface area contributed by atoms with Crippen LogP contribution >= 0.6 is 0 Å². The standard InChI is InChI=1S/C9H9F6NO2/c10-8(11,12)6(9(13,14)15)4-1-3(7(17)18)2-5(4)16/h3,5H,1-2,16H2,(H,17,18). The Kier molecular flexibility index (Phi) is 3.66. The third kappa shape index (κ3) is 2.95. The van der Waals surface area contributed by atoms with Gasteiger partial charge in [0.15, 0.2) is 0 Å². The van der Waals surface area contributed by atoms with Crippen LogP contribution in [0.3, 0.4) is 0 Å². The van der Waals surface area contributed by atoms with Gasteiger partial charge in [0.2, 0.25) is 0 Å². The molecule has 18 heavy (non-hydrogen) atoms. The highest BCUT2D eigenvalue weighted by atomic mass is 19.4. The summed E-state index contributed by atoms with van der Waals surface area (Å²) in [6.45, 7) is 0. The Bertz CT molecular complexity index is 367. The summed E-state index contributed by atoms with van der Waals surface area (Å²) in [6.07, 6.45) is -12.5. The molecule has 0 saturated heterocycles. The number of carboxylic acids is 1. The molecule has 1 aliphatic carbocycles. The minimum atomic E-state index is -5.60. The van der Waals surface area contributed by atoms with Crippen LogP contribution in [-0.4, -0.2) is 29.5 Å². The SMILES string of the molecule is NC1CC(C(=O)O)CC1=C(C(F)(F)F)C(F)(F)F. The fraction of sp³-hybridized carbons (Fsp3) is 0.667. The minimum absolute atomic E-state index is 0.430. The summed E-state index contributed by atoms with van der Waals surface area (Å²) in [4.78, 5) is 10.6. The van der Waals surface area contributed by atoms with Gasteiger partial charge in [0.1, 0.15) is 5.57 Å². The molecule has 0 aromatic heterocycles. The smallest absolute Gasteiger partial charge is 0.421 e. The van der Waals surface area contributed by atoms with Gasteiger partial charge in [-0.25, -0.2) is 0 Å². The lowest BCUT2D eigenvalue weighted by molar-refractivity contribution is -0.173. The molecule has 0 spiro atoms. The van der Waals surface area contributed by atoms with Crippen LogP contribution in [0.2, 0.25) is 0 Å². The van der Waals surface area contributed by atoms with E-state index in [1.54, 1.807) is 0 Å².